The number of likely N-dealkylation sites (tertiary alicyclic amines) is 1. The summed E-state index contributed by atoms with van der Waals surface area (Å²) in [6.45, 7) is 9.30. The Labute approximate surface area is 268 Å². The summed E-state index contributed by atoms with van der Waals surface area (Å²) in [5.74, 6) is -0.372. The van der Waals surface area contributed by atoms with Gasteiger partial charge in [-0.3, -0.25) is 9.69 Å². The van der Waals surface area contributed by atoms with E-state index in [0.29, 0.717) is 49.6 Å². The maximum absolute atomic E-state index is 13.8. The summed E-state index contributed by atoms with van der Waals surface area (Å²) in [4.78, 5) is 30.6. The molecule has 0 unspecified atom stereocenters. The lowest BCUT2D eigenvalue weighted by Crippen LogP contribution is -2.55. The molecule has 2 aromatic carbocycles. The van der Waals surface area contributed by atoms with Crippen LogP contribution in [-0.4, -0.2) is 84.1 Å². The maximum Gasteiger partial charge on any atom is 0.318 e. The van der Waals surface area contributed by atoms with Crippen LogP contribution >= 0.6 is 11.6 Å². The zero-order valence-electron chi connectivity index (χ0n) is 25.9. The van der Waals surface area contributed by atoms with Gasteiger partial charge in [-0.15, -0.1) is 0 Å². The summed E-state index contributed by atoms with van der Waals surface area (Å²) in [7, 11) is 2.14. The molecule has 0 aliphatic carbocycles. The minimum absolute atomic E-state index is 0.0778. The number of rotatable bonds is 8. The number of piperazine rings is 1. The largest absolute Gasteiger partial charge is 0.462 e. The molecule has 2 fully saturated rings. The minimum Gasteiger partial charge on any atom is -0.462 e. The van der Waals surface area contributed by atoms with Gasteiger partial charge in [-0.2, -0.15) is 15.2 Å². The number of benzene rings is 2. The van der Waals surface area contributed by atoms with E-state index in [2.05, 4.69) is 59.5 Å². The Morgan fingerprint density at radius 2 is 1.93 bits per heavy atom. The topological polar surface area (TPSA) is 88.8 Å². The van der Waals surface area contributed by atoms with E-state index in [-0.39, 0.29) is 19.0 Å². The number of nitriles is 1. The first kappa shape index (κ1) is 31.1. The first-order valence-electron chi connectivity index (χ1n) is 15.7. The predicted octanol–water partition coefficient (Wildman–Crippen LogP) is 5.37. The summed E-state index contributed by atoms with van der Waals surface area (Å²) in [6, 6.07) is 14.4. The highest BCUT2D eigenvalue weighted by molar-refractivity contribution is 6.36. The number of anilines is 2. The fraction of sp³-hybridized carbons (Fsp3) is 0.471. The SMILES string of the molecule is C=C(F)C(=O)N1CCN(c2nc(OC[C@@H]3C[C@@H](CC)CN3C)nc3c2CCN(c2cccc4cccc(Cl)c24)C3)C[C@@H]1CC#N. The number of amides is 1. The maximum atomic E-state index is 13.8. The van der Waals surface area contributed by atoms with Crippen molar-refractivity contribution in [3.63, 3.8) is 0 Å². The highest BCUT2D eigenvalue weighted by Gasteiger charge is 2.35. The molecule has 3 atom stereocenters. The van der Waals surface area contributed by atoms with Gasteiger partial charge in [0.05, 0.1) is 35.8 Å². The van der Waals surface area contributed by atoms with Gasteiger partial charge in [-0.1, -0.05) is 55.8 Å². The van der Waals surface area contributed by atoms with Crippen LogP contribution in [-0.2, 0) is 17.8 Å². The van der Waals surface area contributed by atoms with Crippen LogP contribution in [0.4, 0.5) is 15.9 Å². The van der Waals surface area contributed by atoms with E-state index in [9.17, 15) is 14.4 Å². The Morgan fingerprint density at radius 3 is 2.67 bits per heavy atom. The van der Waals surface area contributed by atoms with Crippen molar-refractivity contribution in [3.8, 4) is 12.1 Å². The summed E-state index contributed by atoms with van der Waals surface area (Å²) >= 11 is 6.70. The average molecular weight is 632 g/mol. The molecule has 1 aromatic heterocycles. The van der Waals surface area contributed by atoms with Gasteiger partial charge in [0, 0.05) is 55.4 Å². The summed E-state index contributed by atoms with van der Waals surface area (Å²) < 4.78 is 20.2. The molecule has 1 amide bonds. The first-order chi connectivity index (χ1) is 21.8. The average Bonchev–Trinajstić information content (AvgIpc) is 3.42. The van der Waals surface area contributed by atoms with Crippen molar-refractivity contribution < 1.29 is 13.9 Å². The quantitative estimate of drug-likeness (QED) is 0.307. The Bertz CT molecular complexity index is 1640. The van der Waals surface area contributed by atoms with E-state index in [1.54, 1.807) is 0 Å². The summed E-state index contributed by atoms with van der Waals surface area (Å²) in [6.07, 6.45) is 2.99. The zero-order valence-corrected chi connectivity index (χ0v) is 26.6. The van der Waals surface area contributed by atoms with Crippen molar-refractivity contribution in [2.24, 2.45) is 5.92 Å². The molecule has 0 saturated carbocycles. The molecule has 3 aromatic rings. The molecule has 3 aliphatic heterocycles. The van der Waals surface area contributed by atoms with E-state index in [4.69, 9.17) is 26.3 Å². The monoisotopic (exact) mass is 631 g/mol. The summed E-state index contributed by atoms with van der Waals surface area (Å²) in [5.41, 5.74) is 2.96. The Kier molecular flexibility index (Phi) is 9.11. The van der Waals surface area contributed by atoms with Crippen molar-refractivity contribution in [3.05, 3.63) is 65.1 Å². The molecular weight excluding hydrogens is 593 g/mol. The van der Waals surface area contributed by atoms with Crippen molar-refractivity contribution in [1.82, 2.24) is 19.8 Å². The standard InChI is InChI=1S/C34H39ClFN7O2/c1-4-23-17-26(40(3)18-23)21-45-34-38-29-20-41(30-10-6-8-24-7-5-9-28(35)31(24)30)14-12-27(29)32(39-34)42-15-16-43(33(44)22(2)36)25(19-42)11-13-37/h5-10,23,25-26H,2,4,11-12,14-21H2,1,3H3/t23-,25+,26+/m1/s1. The number of halogens is 2. The number of fused-ring (bicyclic) bond motifs is 2. The number of carbonyl (C=O) groups excluding carboxylic acids is 1. The third-order valence-corrected chi connectivity index (χ3v) is 9.87. The lowest BCUT2D eigenvalue weighted by atomic mass is 10.0. The van der Waals surface area contributed by atoms with Gasteiger partial charge in [0.25, 0.3) is 5.91 Å². The van der Waals surface area contributed by atoms with Gasteiger partial charge in [0.15, 0.2) is 5.83 Å². The zero-order chi connectivity index (χ0) is 31.7. The van der Waals surface area contributed by atoms with Crippen molar-refractivity contribution in [1.29, 1.82) is 5.26 Å². The van der Waals surface area contributed by atoms with E-state index in [1.807, 2.05) is 18.2 Å². The van der Waals surface area contributed by atoms with Crippen molar-refractivity contribution in [2.45, 2.75) is 51.2 Å². The summed E-state index contributed by atoms with van der Waals surface area (Å²) in [5, 5.41) is 12.3. The highest BCUT2D eigenvalue weighted by Crippen LogP contribution is 2.37. The van der Waals surface area contributed by atoms with Crippen LogP contribution in [0.2, 0.25) is 5.02 Å². The van der Waals surface area contributed by atoms with Gasteiger partial charge < -0.3 is 19.4 Å². The Balaban J connectivity index is 1.33. The molecule has 0 N–H and O–H groups in total. The second-order valence-corrected chi connectivity index (χ2v) is 12.7. The van der Waals surface area contributed by atoms with Crippen LogP contribution in [0.15, 0.2) is 48.8 Å². The molecule has 236 valence electrons. The molecule has 6 rings (SSSR count). The second kappa shape index (κ2) is 13.2. The number of hydrogen-bond donors (Lipinski definition) is 0. The van der Waals surface area contributed by atoms with E-state index in [0.717, 1.165) is 59.5 Å². The molecule has 0 spiro atoms. The third-order valence-electron chi connectivity index (χ3n) is 9.55. The Morgan fingerprint density at radius 1 is 1.13 bits per heavy atom. The molecule has 3 aliphatic rings. The normalized spacial score (nSPS) is 21.9. The second-order valence-electron chi connectivity index (χ2n) is 12.3. The van der Waals surface area contributed by atoms with E-state index in [1.165, 1.54) is 4.90 Å². The van der Waals surface area contributed by atoms with Gasteiger partial charge in [0.1, 0.15) is 12.4 Å². The third kappa shape index (κ3) is 6.29. The number of aromatic nitrogens is 2. The van der Waals surface area contributed by atoms with Crippen LogP contribution in [0, 0.1) is 17.2 Å². The number of hydrogen-bond acceptors (Lipinski definition) is 8. The van der Waals surface area contributed by atoms with Crippen LogP contribution in [0.3, 0.4) is 0 Å². The molecule has 4 heterocycles. The number of likely N-dealkylation sites (N-methyl/N-ethyl adjacent to an activating group) is 1. The van der Waals surface area contributed by atoms with Gasteiger partial charge in [-0.25, -0.2) is 4.39 Å². The van der Waals surface area contributed by atoms with Gasteiger partial charge in [-0.05, 0) is 43.3 Å². The van der Waals surface area contributed by atoms with Crippen molar-refractivity contribution >= 4 is 39.8 Å². The molecule has 0 radical (unpaired) electrons. The minimum atomic E-state index is -1.02. The molecular formula is C34H39ClFN7O2. The molecule has 2 saturated heterocycles. The molecule has 11 heteroatoms. The van der Waals surface area contributed by atoms with Crippen LogP contribution in [0.5, 0.6) is 6.01 Å². The number of carbonyl (C=O) groups is 1. The predicted molar refractivity (Wildman–Crippen MR) is 174 cm³/mol. The molecule has 9 nitrogen and oxygen atoms in total. The fourth-order valence-electron chi connectivity index (χ4n) is 7.07. The fourth-order valence-corrected chi connectivity index (χ4v) is 7.35. The first-order valence-corrected chi connectivity index (χ1v) is 16.1. The van der Waals surface area contributed by atoms with Crippen molar-refractivity contribution in [2.75, 3.05) is 56.2 Å². The lowest BCUT2D eigenvalue weighted by molar-refractivity contribution is -0.131. The smallest absolute Gasteiger partial charge is 0.318 e. The van der Waals surface area contributed by atoms with Crippen LogP contribution in [0.25, 0.3) is 10.8 Å². The number of ether oxygens (including phenoxy) is 1. The van der Waals surface area contributed by atoms with E-state index >= 15 is 0 Å². The number of nitrogens with zero attached hydrogens (tertiary/aromatic N) is 7. The van der Waals surface area contributed by atoms with Crippen LogP contribution < -0.4 is 14.5 Å². The molecule has 0 bridgehead atoms. The highest BCUT2D eigenvalue weighted by atomic mass is 35.5. The van der Waals surface area contributed by atoms with Gasteiger partial charge >= 0.3 is 6.01 Å². The lowest BCUT2D eigenvalue weighted by Gasteiger charge is -2.42. The van der Waals surface area contributed by atoms with E-state index < -0.39 is 17.8 Å². The Hall–Kier alpha value is -3.94. The van der Waals surface area contributed by atoms with Gasteiger partial charge in [0.2, 0.25) is 0 Å². The van der Waals surface area contributed by atoms with Crippen LogP contribution in [0.1, 0.15) is 37.4 Å². The molecule has 45 heavy (non-hydrogen) atoms.